The molecule has 0 radical (unpaired) electrons. The molecular formula is C30H44N2O5. The zero-order valence-corrected chi connectivity index (χ0v) is 22.0. The third-order valence-electron chi connectivity index (χ3n) is 6.85. The van der Waals surface area contributed by atoms with Crippen molar-refractivity contribution < 1.29 is 24.2 Å². The van der Waals surface area contributed by atoms with Gasteiger partial charge in [0.05, 0.1) is 24.6 Å². The summed E-state index contributed by atoms with van der Waals surface area (Å²) in [6, 6.07) is 8.89. The molecule has 2 amide bonds. The van der Waals surface area contributed by atoms with Gasteiger partial charge in [-0.05, 0) is 37.2 Å². The standard InChI is InChI=1S/C30H44N2O5/c1-3-5-17-29(35)37-22-27(19-24-15-10-7-11-16-24)32-30(36)25(12-4-2)20-28(34)31-26(21-33)18-23-13-8-6-9-14-23/h3-4,6,8-9,13-14,24-27,33H,1-2,5,7,10-12,15-22H2,(H,31,34)(H,32,36). The van der Waals surface area contributed by atoms with E-state index in [1.807, 2.05) is 30.3 Å². The number of benzene rings is 1. The number of allylic oxidation sites excluding steroid dienone is 2. The van der Waals surface area contributed by atoms with Gasteiger partial charge in [0, 0.05) is 12.8 Å². The molecule has 7 heteroatoms. The van der Waals surface area contributed by atoms with Crippen LogP contribution in [0, 0.1) is 11.8 Å². The van der Waals surface area contributed by atoms with Crippen LogP contribution in [0.5, 0.6) is 0 Å². The first kappa shape index (κ1) is 30.3. The number of aliphatic hydroxyl groups excluding tert-OH is 1. The van der Waals surface area contributed by atoms with Gasteiger partial charge in [-0.2, -0.15) is 0 Å². The second-order valence-electron chi connectivity index (χ2n) is 10.0. The highest BCUT2D eigenvalue weighted by Crippen LogP contribution is 2.27. The van der Waals surface area contributed by atoms with Gasteiger partial charge in [0.1, 0.15) is 6.61 Å². The predicted octanol–water partition coefficient (Wildman–Crippen LogP) is 4.25. The molecule has 1 saturated carbocycles. The van der Waals surface area contributed by atoms with Crippen molar-refractivity contribution in [3.8, 4) is 0 Å². The van der Waals surface area contributed by atoms with Gasteiger partial charge in [-0.1, -0.05) is 74.6 Å². The molecule has 0 bridgehead atoms. The number of esters is 1. The van der Waals surface area contributed by atoms with Crippen LogP contribution in [-0.2, 0) is 25.5 Å². The Morgan fingerprint density at radius 2 is 1.76 bits per heavy atom. The lowest BCUT2D eigenvalue weighted by Gasteiger charge is -2.28. The lowest BCUT2D eigenvalue weighted by atomic mass is 9.84. The van der Waals surface area contributed by atoms with Crippen LogP contribution >= 0.6 is 0 Å². The lowest BCUT2D eigenvalue weighted by molar-refractivity contribution is -0.145. The monoisotopic (exact) mass is 512 g/mol. The fourth-order valence-electron chi connectivity index (χ4n) is 4.85. The number of ether oxygens (including phenoxy) is 1. The molecule has 204 valence electrons. The van der Waals surface area contributed by atoms with Crippen LogP contribution < -0.4 is 10.6 Å². The van der Waals surface area contributed by atoms with Crippen LogP contribution in [-0.4, -0.2) is 48.2 Å². The summed E-state index contributed by atoms with van der Waals surface area (Å²) >= 11 is 0. The number of hydrogen-bond donors (Lipinski definition) is 3. The first-order chi connectivity index (χ1) is 17.9. The van der Waals surface area contributed by atoms with E-state index in [0.717, 1.165) is 24.8 Å². The quantitative estimate of drug-likeness (QED) is 0.214. The molecule has 3 N–H and O–H groups in total. The van der Waals surface area contributed by atoms with Gasteiger partial charge in [-0.3, -0.25) is 14.4 Å². The van der Waals surface area contributed by atoms with Crippen LogP contribution in [0.2, 0.25) is 0 Å². The lowest BCUT2D eigenvalue weighted by Crippen LogP contribution is -2.45. The molecule has 0 aromatic heterocycles. The molecule has 1 fully saturated rings. The van der Waals surface area contributed by atoms with Crippen molar-refractivity contribution in [3.05, 3.63) is 61.2 Å². The molecular weight excluding hydrogens is 468 g/mol. The topological polar surface area (TPSA) is 105 Å². The summed E-state index contributed by atoms with van der Waals surface area (Å²) in [4.78, 5) is 38.1. The molecule has 0 spiro atoms. The van der Waals surface area contributed by atoms with Crippen LogP contribution in [0.1, 0.15) is 69.8 Å². The zero-order chi connectivity index (χ0) is 26.9. The maximum Gasteiger partial charge on any atom is 0.306 e. The second kappa shape index (κ2) is 17.5. The molecule has 0 saturated heterocycles. The highest BCUT2D eigenvalue weighted by atomic mass is 16.5. The first-order valence-corrected chi connectivity index (χ1v) is 13.6. The van der Waals surface area contributed by atoms with E-state index >= 15 is 0 Å². The normalized spacial score (nSPS) is 16.1. The fourth-order valence-corrected chi connectivity index (χ4v) is 4.85. The summed E-state index contributed by atoms with van der Waals surface area (Å²) in [5, 5.41) is 15.7. The minimum atomic E-state index is -0.598. The summed E-state index contributed by atoms with van der Waals surface area (Å²) in [5.74, 6) is -0.967. The fraction of sp³-hybridized carbons (Fsp3) is 0.567. The average Bonchev–Trinajstić information content (AvgIpc) is 2.91. The Bertz CT molecular complexity index is 851. The molecule has 0 heterocycles. The molecule has 7 nitrogen and oxygen atoms in total. The number of hydrogen-bond acceptors (Lipinski definition) is 5. The van der Waals surface area contributed by atoms with E-state index in [1.54, 1.807) is 12.2 Å². The van der Waals surface area contributed by atoms with Crippen LogP contribution in [0.3, 0.4) is 0 Å². The molecule has 0 aliphatic heterocycles. The van der Waals surface area contributed by atoms with Crippen LogP contribution in [0.15, 0.2) is 55.6 Å². The minimum Gasteiger partial charge on any atom is -0.463 e. The number of nitrogens with one attached hydrogen (secondary N) is 2. The summed E-state index contributed by atoms with van der Waals surface area (Å²) in [5.41, 5.74) is 1.01. The van der Waals surface area contributed by atoms with Crippen molar-refractivity contribution in [2.45, 2.75) is 82.7 Å². The third kappa shape index (κ3) is 12.2. The van der Waals surface area contributed by atoms with Crippen molar-refractivity contribution in [1.82, 2.24) is 10.6 Å². The van der Waals surface area contributed by atoms with Gasteiger partial charge in [-0.15, -0.1) is 13.2 Å². The molecule has 1 aromatic carbocycles. The summed E-state index contributed by atoms with van der Waals surface area (Å²) < 4.78 is 5.46. The maximum atomic E-state index is 13.2. The summed E-state index contributed by atoms with van der Waals surface area (Å²) in [6.45, 7) is 7.31. The molecule has 3 unspecified atom stereocenters. The van der Waals surface area contributed by atoms with E-state index in [1.165, 1.54) is 19.3 Å². The van der Waals surface area contributed by atoms with Crippen LogP contribution in [0.4, 0.5) is 0 Å². The Morgan fingerprint density at radius 3 is 2.41 bits per heavy atom. The second-order valence-corrected chi connectivity index (χ2v) is 10.0. The van der Waals surface area contributed by atoms with E-state index in [0.29, 0.717) is 25.2 Å². The Hall–Kier alpha value is -2.93. The Balaban J connectivity index is 1.97. The Kier molecular flexibility index (Phi) is 14.3. The smallest absolute Gasteiger partial charge is 0.306 e. The van der Waals surface area contributed by atoms with Crippen molar-refractivity contribution in [2.24, 2.45) is 11.8 Å². The van der Waals surface area contributed by atoms with Gasteiger partial charge in [0.15, 0.2) is 0 Å². The molecule has 1 aromatic rings. The van der Waals surface area contributed by atoms with Crippen molar-refractivity contribution in [2.75, 3.05) is 13.2 Å². The largest absolute Gasteiger partial charge is 0.463 e. The van der Waals surface area contributed by atoms with Crippen molar-refractivity contribution >= 4 is 17.8 Å². The highest BCUT2D eigenvalue weighted by Gasteiger charge is 2.27. The molecule has 1 aliphatic rings. The van der Waals surface area contributed by atoms with E-state index in [4.69, 9.17) is 4.74 Å². The maximum absolute atomic E-state index is 13.2. The van der Waals surface area contributed by atoms with Gasteiger partial charge < -0.3 is 20.5 Å². The Morgan fingerprint density at radius 1 is 1.03 bits per heavy atom. The average molecular weight is 513 g/mol. The van der Waals surface area contributed by atoms with E-state index in [9.17, 15) is 19.5 Å². The SMILES string of the molecule is C=CCCC(=O)OCC(CC1CCCCC1)NC(=O)C(CC=C)CC(=O)NC(CO)Cc1ccccc1. The predicted molar refractivity (Wildman–Crippen MR) is 146 cm³/mol. The molecule has 2 rings (SSSR count). The number of carbonyl (C=O) groups excluding carboxylic acids is 3. The minimum absolute atomic E-state index is 0.0155. The van der Waals surface area contributed by atoms with Gasteiger partial charge in [-0.25, -0.2) is 0 Å². The Labute approximate surface area is 221 Å². The van der Waals surface area contributed by atoms with Gasteiger partial charge in [0.25, 0.3) is 0 Å². The number of aliphatic hydroxyl groups is 1. The van der Waals surface area contributed by atoms with E-state index < -0.39 is 12.0 Å². The van der Waals surface area contributed by atoms with Crippen molar-refractivity contribution in [3.63, 3.8) is 0 Å². The number of amides is 2. The van der Waals surface area contributed by atoms with Gasteiger partial charge >= 0.3 is 5.97 Å². The van der Waals surface area contributed by atoms with Crippen LogP contribution in [0.25, 0.3) is 0 Å². The highest BCUT2D eigenvalue weighted by molar-refractivity contribution is 5.86. The van der Waals surface area contributed by atoms with E-state index in [-0.39, 0.29) is 49.9 Å². The van der Waals surface area contributed by atoms with Crippen molar-refractivity contribution in [1.29, 1.82) is 0 Å². The molecule has 3 atom stereocenters. The number of rotatable bonds is 17. The summed E-state index contributed by atoms with van der Waals surface area (Å²) in [6.07, 6.45) is 11.5. The number of carbonyl (C=O) groups is 3. The first-order valence-electron chi connectivity index (χ1n) is 13.6. The molecule has 37 heavy (non-hydrogen) atoms. The van der Waals surface area contributed by atoms with Gasteiger partial charge in [0.2, 0.25) is 11.8 Å². The zero-order valence-electron chi connectivity index (χ0n) is 22.0. The third-order valence-corrected chi connectivity index (χ3v) is 6.85. The summed E-state index contributed by atoms with van der Waals surface area (Å²) in [7, 11) is 0. The van der Waals surface area contributed by atoms with E-state index in [2.05, 4.69) is 23.8 Å². The molecule has 1 aliphatic carbocycles.